The summed E-state index contributed by atoms with van der Waals surface area (Å²) >= 11 is 6.05. The van der Waals surface area contributed by atoms with E-state index in [1.165, 1.54) is 31.3 Å². The third-order valence-electron chi connectivity index (χ3n) is 7.85. The maximum Gasteiger partial charge on any atom is 0.247 e. The van der Waals surface area contributed by atoms with Gasteiger partial charge in [0.25, 0.3) is 0 Å². The van der Waals surface area contributed by atoms with Crippen LogP contribution in [0.1, 0.15) is 30.9 Å². The Bertz CT molecular complexity index is 1480. The van der Waals surface area contributed by atoms with Crippen LogP contribution in [-0.2, 0) is 9.63 Å². The second kappa shape index (κ2) is 12.1. The fraction of sp³-hybridized carbons (Fsp3) is 0.367. The Morgan fingerprint density at radius 3 is 2.64 bits per heavy atom. The zero-order chi connectivity index (χ0) is 29.2. The van der Waals surface area contributed by atoms with Crippen molar-refractivity contribution >= 4 is 46.2 Å². The number of hydroxylamine groups is 1. The highest BCUT2D eigenvalue weighted by molar-refractivity contribution is 6.30. The molecule has 0 radical (unpaired) electrons. The number of ether oxygens (including phenoxy) is 1. The van der Waals surface area contributed by atoms with Gasteiger partial charge in [0.15, 0.2) is 5.82 Å². The third kappa shape index (κ3) is 5.99. The molecule has 1 aliphatic carbocycles. The molecule has 2 aliphatic heterocycles. The molecule has 1 atom stereocenters. The van der Waals surface area contributed by atoms with Crippen molar-refractivity contribution in [2.75, 3.05) is 60.5 Å². The first-order valence-corrected chi connectivity index (χ1v) is 14.4. The van der Waals surface area contributed by atoms with Gasteiger partial charge in [-0.2, -0.15) is 0 Å². The van der Waals surface area contributed by atoms with Crippen molar-refractivity contribution in [3.8, 4) is 5.75 Å². The molecule has 2 aromatic carbocycles. The number of methoxy groups -OCH3 is 1. The van der Waals surface area contributed by atoms with Gasteiger partial charge in [0.05, 0.1) is 41.8 Å². The Kier molecular flexibility index (Phi) is 8.14. The van der Waals surface area contributed by atoms with E-state index in [1.54, 1.807) is 30.4 Å². The van der Waals surface area contributed by atoms with Crippen LogP contribution in [0.3, 0.4) is 0 Å². The lowest BCUT2D eigenvalue weighted by molar-refractivity contribution is -0.111. The van der Waals surface area contributed by atoms with Crippen LogP contribution in [-0.4, -0.2) is 66.7 Å². The molecule has 3 fully saturated rings. The molecule has 42 heavy (non-hydrogen) atoms. The van der Waals surface area contributed by atoms with Crippen LogP contribution in [0, 0.1) is 5.82 Å². The summed E-state index contributed by atoms with van der Waals surface area (Å²) in [6.07, 6.45) is 5.94. The second-order valence-electron chi connectivity index (χ2n) is 10.5. The molecule has 2 saturated heterocycles. The van der Waals surface area contributed by atoms with Crippen molar-refractivity contribution in [1.82, 2.24) is 14.9 Å². The molecule has 6 rings (SSSR count). The number of carbonyl (C=O) groups excluding carboxylic acids is 1. The number of hydrogen-bond acceptors (Lipinski definition) is 9. The van der Waals surface area contributed by atoms with E-state index in [0.29, 0.717) is 41.8 Å². The second-order valence-corrected chi connectivity index (χ2v) is 10.9. The van der Waals surface area contributed by atoms with Gasteiger partial charge in [0.2, 0.25) is 5.91 Å². The number of nitrogens with zero attached hydrogens (tertiary/aromatic N) is 5. The van der Waals surface area contributed by atoms with E-state index in [1.807, 2.05) is 12.1 Å². The van der Waals surface area contributed by atoms with Gasteiger partial charge in [-0.3, -0.25) is 14.5 Å². The summed E-state index contributed by atoms with van der Waals surface area (Å²) in [6, 6.07) is 10.7. The lowest BCUT2D eigenvalue weighted by Gasteiger charge is -2.37. The Labute approximate surface area is 249 Å². The molecule has 2 N–H and O–H groups in total. The highest BCUT2D eigenvalue weighted by atomic mass is 35.5. The zero-order valence-electron chi connectivity index (χ0n) is 23.4. The smallest absolute Gasteiger partial charge is 0.247 e. The van der Waals surface area contributed by atoms with Crippen LogP contribution in [0.15, 0.2) is 55.4 Å². The third-order valence-corrected chi connectivity index (χ3v) is 8.14. The Hall–Kier alpha value is -3.93. The Balaban J connectivity index is 1.26. The van der Waals surface area contributed by atoms with E-state index in [0.717, 1.165) is 43.5 Å². The number of halogens is 2. The van der Waals surface area contributed by atoms with E-state index in [2.05, 4.69) is 37.0 Å². The van der Waals surface area contributed by atoms with E-state index < -0.39 is 5.82 Å². The summed E-state index contributed by atoms with van der Waals surface area (Å²) in [7, 11) is 1.61. The van der Waals surface area contributed by atoms with Crippen LogP contribution in [0.4, 0.5) is 33.1 Å². The summed E-state index contributed by atoms with van der Waals surface area (Å²) in [6.45, 7) is 7.76. The first-order valence-electron chi connectivity index (χ1n) is 14.0. The molecule has 0 spiro atoms. The fourth-order valence-corrected chi connectivity index (χ4v) is 5.73. The summed E-state index contributed by atoms with van der Waals surface area (Å²) in [4.78, 5) is 31.9. The maximum absolute atomic E-state index is 13.8. The molecule has 220 valence electrons. The van der Waals surface area contributed by atoms with Crippen molar-refractivity contribution in [3.63, 3.8) is 0 Å². The van der Waals surface area contributed by atoms with Gasteiger partial charge in [-0.15, -0.1) is 0 Å². The highest BCUT2D eigenvalue weighted by Gasteiger charge is 2.32. The van der Waals surface area contributed by atoms with Crippen molar-refractivity contribution in [1.29, 1.82) is 0 Å². The SMILES string of the molecule is C=CC(=O)Nc1cc(Nc2cc(N3OCCC3c3ccc(F)c(Cl)c3)ncn2)c(OC)cc1N1CCN(C2CC2)CC1. The molecule has 1 saturated carbocycles. The lowest BCUT2D eigenvalue weighted by Crippen LogP contribution is -2.47. The first kappa shape index (κ1) is 28.2. The molecule has 1 amide bonds. The van der Waals surface area contributed by atoms with Crippen molar-refractivity contribution in [3.05, 3.63) is 71.8 Å². The first-order chi connectivity index (χ1) is 20.4. The monoisotopic (exact) mass is 593 g/mol. The van der Waals surface area contributed by atoms with Crippen LogP contribution in [0.2, 0.25) is 5.02 Å². The largest absolute Gasteiger partial charge is 0.494 e. The van der Waals surface area contributed by atoms with Gasteiger partial charge in [-0.05, 0) is 42.7 Å². The van der Waals surface area contributed by atoms with Gasteiger partial charge in [-0.25, -0.2) is 19.4 Å². The van der Waals surface area contributed by atoms with Gasteiger partial charge in [-0.1, -0.05) is 24.2 Å². The van der Waals surface area contributed by atoms with Gasteiger partial charge in [0.1, 0.15) is 23.7 Å². The van der Waals surface area contributed by atoms with Gasteiger partial charge < -0.3 is 20.3 Å². The van der Waals surface area contributed by atoms with E-state index >= 15 is 0 Å². The van der Waals surface area contributed by atoms with Crippen LogP contribution < -0.4 is 25.3 Å². The summed E-state index contributed by atoms with van der Waals surface area (Å²) in [5.74, 6) is 0.855. The number of piperazine rings is 1. The standard InChI is InChI=1S/C30H33ClFN7O3/c1-3-30(40)36-23-15-24(27(41-2)16-26(23)38-11-9-37(10-12-38)20-5-6-20)35-28-17-29(34-18-33-28)39-25(8-13-42-39)19-4-7-22(32)21(31)14-19/h3-4,7,14-18,20,25H,1,5-6,8-13H2,2H3,(H,36,40)(H,33,34,35). The number of amides is 1. The zero-order valence-corrected chi connectivity index (χ0v) is 24.1. The normalized spacial score (nSPS) is 19.1. The minimum Gasteiger partial charge on any atom is -0.494 e. The van der Waals surface area contributed by atoms with Crippen molar-refractivity contribution in [2.45, 2.75) is 31.3 Å². The fourth-order valence-electron chi connectivity index (χ4n) is 5.54. The number of carbonyl (C=O) groups is 1. The number of nitrogens with one attached hydrogen (secondary N) is 2. The van der Waals surface area contributed by atoms with Crippen molar-refractivity contribution in [2.24, 2.45) is 0 Å². The molecule has 10 nitrogen and oxygen atoms in total. The molecule has 3 aromatic rings. The predicted octanol–water partition coefficient (Wildman–Crippen LogP) is 5.31. The molecular weight excluding hydrogens is 561 g/mol. The minimum atomic E-state index is -0.469. The Morgan fingerprint density at radius 2 is 1.93 bits per heavy atom. The molecule has 1 unspecified atom stereocenters. The number of rotatable bonds is 9. The minimum absolute atomic E-state index is 0.0593. The van der Waals surface area contributed by atoms with E-state index in [-0.39, 0.29) is 17.0 Å². The summed E-state index contributed by atoms with van der Waals surface area (Å²) in [5.41, 5.74) is 2.97. The van der Waals surface area contributed by atoms with Crippen LogP contribution in [0.5, 0.6) is 5.75 Å². The van der Waals surface area contributed by atoms with Gasteiger partial charge in [0, 0.05) is 50.8 Å². The number of anilines is 5. The predicted molar refractivity (Wildman–Crippen MR) is 161 cm³/mol. The van der Waals surface area contributed by atoms with Crippen LogP contribution in [0.25, 0.3) is 0 Å². The topological polar surface area (TPSA) is 95.1 Å². The quantitative estimate of drug-likeness (QED) is 0.320. The molecule has 3 heterocycles. The maximum atomic E-state index is 13.8. The highest BCUT2D eigenvalue weighted by Crippen LogP contribution is 2.40. The summed E-state index contributed by atoms with van der Waals surface area (Å²) in [5, 5.41) is 8.03. The number of hydrogen-bond donors (Lipinski definition) is 2. The summed E-state index contributed by atoms with van der Waals surface area (Å²) < 4.78 is 19.6. The lowest BCUT2D eigenvalue weighted by atomic mass is 10.0. The average molecular weight is 594 g/mol. The average Bonchev–Trinajstić information content (AvgIpc) is 3.74. The van der Waals surface area contributed by atoms with Crippen molar-refractivity contribution < 1.29 is 18.8 Å². The van der Waals surface area contributed by atoms with E-state index in [4.69, 9.17) is 21.2 Å². The molecule has 12 heteroatoms. The molecule has 0 bridgehead atoms. The van der Waals surface area contributed by atoms with Gasteiger partial charge >= 0.3 is 0 Å². The number of benzene rings is 2. The molecule has 1 aromatic heterocycles. The van der Waals surface area contributed by atoms with Crippen LogP contribution >= 0.6 is 11.6 Å². The number of aromatic nitrogens is 2. The molecule has 3 aliphatic rings. The van der Waals surface area contributed by atoms with E-state index in [9.17, 15) is 9.18 Å². The Morgan fingerprint density at radius 1 is 1.12 bits per heavy atom. The molecular formula is C30H33ClFN7O3.